The van der Waals surface area contributed by atoms with Gasteiger partial charge in [0.1, 0.15) is 5.56 Å². The Bertz CT molecular complexity index is 1010. The minimum atomic E-state index is -4.81. The molecule has 0 aliphatic heterocycles. The number of hydrazine groups is 1. The summed E-state index contributed by atoms with van der Waals surface area (Å²) < 4.78 is 41.5. The zero-order valence-corrected chi connectivity index (χ0v) is 16.3. The number of nitrogens with one attached hydrogen (secondary N) is 2. The second-order valence-electron chi connectivity index (χ2n) is 6.14. The summed E-state index contributed by atoms with van der Waals surface area (Å²) in [4.78, 5) is 16.9. The second kappa shape index (κ2) is 8.97. The van der Waals surface area contributed by atoms with Crippen LogP contribution in [0.4, 0.5) is 18.9 Å². The molecule has 0 unspecified atom stereocenters. The fraction of sp³-hybridized carbons (Fsp3) is 0.158. The van der Waals surface area contributed by atoms with Crippen LogP contribution in [0.5, 0.6) is 0 Å². The molecule has 3 aromatic rings. The van der Waals surface area contributed by atoms with Crippen molar-refractivity contribution in [1.82, 2.24) is 15.4 Å². The van der Waals surface area contributed by atoms with E-state index < -0.39 is 23.4 Å². The SMILES string of the molecule is Cc1cccc(NNOC(=O)c2cnn(-c3cccc(C)c3)c2C(F)(F)F)c1.Cl. The van der Waals surface area contributed by atoms with Gasteiger partial charge in [-0.05, 0) is 49.2 Å². The van der Waals surface area contributed by atoms with Crippen molar-refractivity contribution in [2.75, 3.05) is 5.43 Å². The van der Waals surface area contributed by atoms with Crippen LogP contribution in [0.1, 0.15) is 27.2 Å². The monoisotopic (exact) mass is 426 g/mol. The van der Waals surface area contributed by atoms with E-state index in [1.165, 1.54) is 12.1 Å². The Labute approximate surface area is 171 Å². The number of carbonyl (C=O) groups excluding carboxylic acids is 1. The van der Waals surface area contributed by atoms with Crippen molar-refractivity contribution in [3.8, 4) is 5.69 Å². The molecule has 6 nitrogen and oxygen atoms in total. The first-order chi connectivity index (χ1) is 13.3. The standard InChI is InChI=1S/C19H17F3N4O2.ClH/c1-12-5-3-7-14(9-12)24-25-28-18(27)16-11-23-26(17(16)19(20,21)22)15-8-4-6-13(2)10-15;/h3-11,24-25H,1-2H3;1H. The Hall–Kier alpha value is -3.04. The van der Waals surface area contributed by atoms with Crippen molar-refractivity contribution >= 4 is 24.1 Å². The Kier molecular flexibility index (Phi) is 6.89. The molecule has 0 atom stereocenters. The molecule has 1 aromatic heterocycles. The van der Waals surface area contributed by atoms with E-state index in [2.05, 4.69) is 16.1 Å². The van der Waals surface area contributed by atoms with E-state index in [1.54, 1.807) is 37.3 Å². The molecule has 0 radical (unpaired) electrons. The average molecular weight is 427 g/mol. The number of halogens is 4. The van der Waals surface area contributed by atoms with Crippen molar-refractivity contribution < 1.29 is 22.8 Å². The molecule has 3 rings (SSSR count). The van der Waals surface area contributed by atoms with Gasteiger partial charge in [-0.15, -0.1) is 12.4 Å². The molecule has 0 bridgehead atoms. The maximum atomic E-state index is 13.6. The lowest BCUT2D eigenvalue weighted by Gasteiger charge is -2.13. The van der Waals surface area contributed by atoms with E-state index in [4.69, 9.17) is 4.84 Å². The smallest absolute Gasteiger partial charge is 0.346 e. The van der Waals surface area contributed by atoms with Crippen molar-refractivity contribution in [2.45, 2.75) is 20.0 Å². The van der Waals surface area contributed by atoms with Gasteiger partial charge in [0, 0.05) is 0 Å². The predicted molar refractivity (Wildman–Crippen MR) is 104 cm³/mol. The Morgan fingerprint density at radius 3 is 2.34 bits per heavy atom. The molecule has 1 heterocycles. The van der Waals surface area contributed by atoms with Gasteiger partial charge < -0.3 is 4.84 Å². The molecular formula is C19H18ClF3N4O2. The number of rotatable bonds is 5. The van der Waals surface area contributed by atoms with Crippen LogP contribution < -0.4 is 11.0 Å². The lowest BCUT2D eigenvalue weighted by Crippen LogP contribution is -2.27. The molecule has 0 saturated carbocycles. The molecule has 0 aliphatic rings. The lowest BCUT2D eigenvalue weighted by atomic mass is 10.2. The van der Waals surface area contributed by atoms with E-state index in [1.807, 2.05) is 13.0 Å². The van der Waals surface area contributed by atoms with E-state index >= 15 is 0 Å². The van der Waals surface area contributed by atoms with Gasteiger partial charge in [0.05, 0.1) is 17.6 Å². The first-order valence-electron chi connectivity index (χ1n) is 8.27. The highest BCUT2D eigenvalue weighted by Gasteiger charge is 2.41. The molecule has 29 heavy (non-hydrogen) atoms. The van der Waals surface area contributed by atoms with E-state index in [-0.39, 0.29) is 18.1 Å². The number of aryl methyl sites for hydroxylation is 2. The normalized spacial score (nSPS) is 10.9. The molecule has 0 amide bonds. The number of benzene rings is 2. The highest BCUT2D eigenvalue weighted by atomic mass is 35.5. The van der Waals surface area contributed by atoms with Gasteiger partial charge in [0.2, 0.25) is 0 Å². The summed E-state index contributed by atoms with van der Waals surface area (Å²) in [6.45, 7) is 3.61. The van der Waals surface area contributed by atoms with E-state index in [0.717, 1.165) is 17.3 Å². The molecule has 0 aliphatic carbocycles. The van der Waals surface area contributed by atoms with Crippen LogP contribution in [0.15, 0.2) is 54.7 Å². The minimum Gasteiger partial charge on any atom is -0.346 e. The van der Waals surface area contributed by atoms with Crippen LogP contribution in [0, 0.1) is 13.8 Å². The molecule has 0 fully saturated rings. The summed E-state index contributed by atoms with van der Waals surface area (Å²) in [5.74, 6) is -1.22. The molecule has 154 valence electrons. The van der Waals surface area contributed by atoms with Crippen molar-refractivity contribution in [3.63, 3.8) is 0 Å². The van der Waals surface area contributed by atoms with Gasteiger partial charge in [-0.2, -0.15) is 18.3 Å². The van der Waals surface area contributed by atoms with E-state index in [9.17, 15) is 18.0 Å². The lowest BCUT2D eigenvalue weighted by molar-refractivity contribution is -0.143. The molecule has 0 saturated heterocycles. The van der Waals surface area contributed by atoms with Crippen LogP contribution in [-0.2, 0) is 11.0 Å². The fourth-order valence-electron chi connectivity index (χ4n) is 2.63. The van der Waals surface area contributed by atoms with Gasteiger partial charge in [0.15, 0.2) is 5.69 Å². The maximum absolute atomic E-state index is 13.6. The zero-order valence-electron chi connectivity index (χ0n) is 15.4. The summed E-state index contributed by atoms with van der Waals surface area (Å²) >= 11 is 0. The first-order valence-corrected chi connectivity index (χ1v) is 8.27. The number of hydrogen-bond donors (Lipinski definition) is 2. The topological polar surface area (TPSA) is 68.2 Å². The largest absolute Gasteiger partial charge is 0.434 e. The number of carbonyl (C=O) groups is 1. The second-order valence-corrected chi connectivity index (χ2v) is 6.14. The van der Waals surface area contributed by atoms with Crippen molar-refractivity contribution in [1.29, 1.82) is 0 Å². The number of nitrogens with zero attached hydrogens (tertiary/aromatic N) is 2. The van der Waals surface area contributed by atoms with Crippen LogP contribution in [0.2, 0.25) is 0 Å². The predicted octanol–water partition coefficient (Wildman–Crippen LogP) is 4.62. The third-order valence-corrected chi connectivity index (χ3v) is 3.86. The van der Waals surface area contributed by atoms with Crippen LogP contribution in [0.3, 0.4) is 0 Å². The molecule has 2 N–H and O–H groups in total. The molecule has 2 aromatic carbocycles. The number of hydrogen-bond acceptors (Lipinski definition) is 5. The van der Waals surface area contributed by atoms with Gasteiger partial charge in [-0.3, -0.25) is 5.43 Å². The highest BCUT2D eigenvalue weighted by molar-refractivity contribution is 5.90. The Morgan fingerprint density at radius 2 is 1.72 bits per heavy atom. The highest BCUT2D eigenvalue weighted by Crippen LogP contribution is 2.34. The third kappa shape index (κ3) is 5.27. The van der Waals surface area contributed by atoms with E-state index in [0.29, 0.717) is 10.4 Å². The van der Waals surface area contributed by atoms with Gasteiger partial charge in [-0.25, -0.2) is 9.48 Å². The summed E-state index contributed by atoms with van der Waals surface area (Å²) in [5, 5.41) is 3.74. The number of aromatic nitrogens is 2. The van der Waals surface area contributed by atoms with Gasteiger partial charge in [0.25, 0.3) is 0 Å². The quantitative estimate of drug-likeness (QED) is 0.583. The number of anilines is 1. The maximum Gasteiger partial charge on any atom is 0.434 e. The van der Waals surface area contributed by atoms with Crippen LogP contribution >= 0.6 is 12.4 Å². The van der Waals surface area contributed by atoms with Gasteiger partial charge >= 0.3 is 12.1 Å². The minimum absolute atomic E-state index is 0. The Morgan fingerprint density at radius 1 is 1.07 bits per heavy atom. The first kappa shape index (κ1) is 22.3. The number of alkyl halides is 3. The Balaban J connectivity index is 0.00000300. The van der Waals surface area contributed by atoms with Crippen LogP contribution in [0.25, 0.3) is 5.69 Å². The van der Waals surface area contributed by atoms with Crippen molar-refractivity contribution in [3.05, 3.63) is 77.1 Å². The average Bonchev–Trinajstić information content (AvgIpc) is 3.07. The summed E-state index contributed by atoms with van der Waals surface area (Å²) in [6.07, 6.45) is -3.97. The summed E-state index contributed by atoms with van der Waals surface area (Å²) in [7, 11) is 0. The summed E-state index contributed by atoms with van der Waals surface area (Å²) in [6, 6.07) is 13.5. The zero-order chi connectivity index (χ0) is 20.3. The summed E-state index contributed by atoms with van der Waals surface area (Å²) in [5.41, 5.74) is 5.33. The molecule has 0 spiro atoms. The molecular weight excluding hydrogens is 409 g/mol. The third-order valence-electron chi connectivity index (χ3n) is 3.86. The van der Waals surface area contributed by atoms with Crippen LogP contribution in [-0.4, -0.2) is 15.7 Å². The fourth-order valence-corrected chi connectivity index (χ4v) is 2.63. The van der Waals surface area contributed by atoms with Crippen molar-refractivity contribution in [2.24, 2.45) is 0 Å². The van der Waals surface area contributed by atoms with Gasteiger partial charge in [-0.1, -0.05) is 29.9 Å². The molecule has 10 heteroatoms.